The van der Waals surface area contributed by atoms with Crippen LogP contribution in [0.2, 0.25) is 0 Å². The van der Waals surface area contributed by atoms with Crippen LogP contribution in [0.3, 0.4) is 0 Å². The molecule has 1 aliphatic carbocycles. The lowest BCUT2D eigenvalue weighted by Crippen LogP contribution is -2.42. The van der Waals surface area contributed by atoms with Crippen LogP contribution >= 0.6 is 11.8 Å². The molecule has 1 heterocycles. The molecule has 0 aliphatic heterocycles. The minimum atomic E-state index is 0.390. The lowest BCUT2D eigenvalue weighted by molar-refractivity contribution is 0.371. The highest BCUT2D eigenvalue weighted by Gasteiger charge is 2.25. The van der Waals surface area contributed by atoms with Crippen molar-refractivity contribution in [3.63, 3.8) is 0 Å². The Morgan fingerprint density at radius 1 is 1.50 bits per heavy atom. The standard InChI is InChI=1S/C16H28N4OS/c1-5-22-14-7-6-12(8-14)19-16(17-4)18-10-13-9-15(11(2)3)20-21-13/h9,11-12,14H,5-8,10H2,1-4H3,(H2,17,18,19). The second kappa shape index (κ2) is 8.46. The molecule has 1 saturated carbocycles. The zero-order chi connectivity index (χ0) is 15.9. The molecule has 124 valence electrons. The van der Waals surface area contributed by atoms with E-state index < -0.39 is 0 Å². The fourth-order valence-corrected chi connectivity index (χ4v) is 3.84. The summed E-state index contributed by atoms with van der Waals surface area (Å²) < 4.78 is 5.34. The number of hydrogen-bond donors (Lipinski definition) is 2. The van der Waals surface area contributed by atoms with Crippen molar-refractivity contribution >= 4 is 17.7 Å². The Kier molecular flexibility index (Phi) is 6.61. The first-order chi connectivity index (χ1) is 10.6. The first-order valence-corrected chi connectivity index (χ1v) is 9.21. The average Bonchev–Trinajstić information content (AvgIpc) is 3.13. The van der Waals surface area contributed by atoms with Crippen LogP contribution in [0.1, 0.15) is 57.4 Å². The molecule has 1 aliphatic rings. The number of hydrogen-bond acceptors (Lipinski definition) is 4. The highest BCUT2D eigenvalue weighted by molar-refractivity contribution is 7.99. The van der Waals surface area contributed by atoms with Crippen LogP contribution in [0.4, 0.5) is 0 Å². The smallest absolute Gasteiger partial charge is 0.191 e. The van der Waals surface area contributed by atoms with E-state index in [0.717, 1.165) is 22.7 Å². The van der Waals surface area contributed by atoms with E-state index >= 15 is 0 Å². The van der Waals surface area contributed by atoms with E-state index in [9.17, 15) is 0 Å². The lowest BCUT2D eigenvalue weighted by Gasteiger charge is -2.16. The predicted octanol–water partition coefficient (Wildman–Crippen LogP) is 3.14. The van der Waals surface area contributed by atoms with Crippen LogP contribution in [0.25, 0.3) is 0 Å². The fourth-order valence-electron chi connectivity index (χ4n) is 2.70. The van der Waals surface area contributed by atoms with Crippen molar-refractivity contribution in [2.24, 2.45) is 4.99 Å². The second-order valence-electron chi connectivity index (χ2n) is 6.03. The Bertz CT molecular complexity index is 486. The highest BCUT2D eigenvalue weighted by atomic mass is 32.2. The van der Waals surface area contributed by atoms with Gasteiger partial charge in [-0.05, 0) is 30.9 Å². The van der Waals surface area contributed by atoms with Crippen LogP contribution in [0.5, 0.6) is 0 Å². The van der Waals surface area contributed by atoms with Gasteiger partial charge in [0.25, 0.3) is 0 Å². The molecule has 0 saturated heterocycles. The van der Waals surface area contributed by atoms with Gasteiger partial charge in [0.2, 0.25) is 0 Å². The molecular formula is C16H28N4OS. The van der Waals surface area contributed by atoms with Crippen molar-refractivity contribution in [1.82, 2.24) is 15.8 Å². The molecule has 6 heteroatoms. The number of thioether (sulfide) groups is 1. The van der Waals surface area contributed by atoms with E-state index in [2.05, 4.69) is 53.3 Å². The van der Waals surface area contributed by atoms with Gasteiger partial charge in [-0.2, -0.15) is 11.8 Å². The van der Waals surface area contributed by atoms with Crippen molar-refractivity contribution in [1.29, 1.82) is 0 Å². The van der Waals surface area contributed by atoms with E-state index in [4.69, 9.17) is 4.52 Å². The molecule has 2 atom stereocenters. The summed E-state index contributed by atoms with van der Waals surface area (Å²) in [6.07, 6.45) is 3.74. The van der Waals surface area contributed by atoms with Crippen molar-refractivity contribution in [2.75, 3.05) is 12.8 Å². The predicted molar refractivity (Wildman–Crippen MR) is 93.5 cm³/mol. The van der Waals surface area contributed by atoms with Gasteiger partial charge in [0.1, 0.15) is 0 Å². The zero-order valence-electron chi connectivity index (χ0n) is 14.1. The SMILES string of the molecule is CCSC1CCC(NC(=NC)NCc2cc(C(C)C)no2)C1. The molecule has 0 radical (unpaired) electrons. The van der Waals surface area contributed by atoms with Gasteiger partial charge in [-0.15, -0.1) is 0 Å². The van der Waals surface area contributed by atoms with Crippen LogP contribution < -0.4 is 10.6 Å². The molecule has 2 N–H and O–H groups in total. The molecular weight excluding hydrogens is 296 g/mol. The molecule has 22 heavy (non-hydrogen) atoms. The third-order valence-electron chi connectivity index (χ3n) is 3.95. The maximum Gasteiger partial charge on any atom is 0.191 e. The first kappa shape index (κ1) is 17.2. The fraction of sp³-hybridized carbons (Fsp3) is 0.750. The Morgan fingerprint density at radius 3 is 2.95 bits per heavy atom. The molecule has 1 aromatic heterocycles. The largest absolute Gasteiger partial charge is 0.359 e. The summed E-state index contributed by atoms with van der Waals surface area (Å²) in [6.45, 7) is 7.06. The minimum absolute atomic E-state index is 0.390. The van der Waals surface area contributed by atoms with E-state index in [-0.39, 0.29) is 0 Å². The van der Waals surface area contributed by atoms with Gasteiger partial charge in [-0.25, -0.2) is 0 Å². The number of rotatable bonds is 6. The molecule has 0 bridgehead atoms. The Hall–Kier alpha value is -1.17. The van der Waals surface area contributed by atoms with Gasteiger partial charge in [0.15, 0.2) is 11.7 Å². The molecule has 5 nitrogen and oxygen atoms in total. The number of aromatic nitrogens is 1. The van der Waals surface area contributed by atoms with E-state index in [1.807, 2.05) is 13.1 Å². The summed E-state index contributed by atoms with van der Waals surface area (Å²) in [5.41, 5.74) is 0.995. The zero-order valence-corrected chi connectivity index (χ0v) is 14.9. The van der Waals surface area contributed by atoms with E-state index in [1.165, 1.54) is 25.0 Å². The molecule has 0 spiro atoms. The van der Waals surface area contributed by atoms with Crippen LogP contribution in [0.15, 0.2) is 15.6 Å². The van der Waals surface area contributed by atoms with Gasteiger partial charge in [-0.3, -0.25) is 4.99 Å². The van der Waals surface area contributed by atoms with Gasteiger partial charge in [-0.1, -0.05) is 25.9 Å². The first-order valence-electron chi connectivity index (χ1n) is 8.16. The molecule has 2 unspecified atom stereocenters. The maximum atomic E-state index is 5.34. The monoisotopic (exact) mass is 324 g/mol. The molecule has 0 amide bonds. The normalized spacial score (nSPS) is 22.3. The van der Waals surface area contributed by atoms with Gasteiger partial charge in [0, 0.05) is 24.4 Å². The summed E-state index contributed by atoms with van der Waals surface area (Å²) >= 11 is 2.07. The average molecular weight is 324 g/mol. The van der Waals surface area contributed by atoms with Crippen LogP contribution in [-0.2, 0) is 6.54 Å². The second-order valence-corrected chi connectivity index (χ2v) is 7.61. The maximum absolute atomic E-state index is 5.34. The van der Waals surface area contributed by atoms with Crippen molar-refractivity contribution < 1.29 is 4.52 Å². The summed E-state index contributed by atoms with van der Waals surface area (Å²) in [5.74, 6) is 3.28. The third kappa shape index (κ3) is 4.93. The van der Waals surface area contributed by atoms with Gasteiger partial charge < -0.3 is 15.2 Å². The lowest BCUT2D eigenvalue weighted by atomic mass is 10.1. The van der Waals surface area contributed by atoms with E-state index in [0.29, 0.717) is 18.5 Å². The number of guanidine groups is 1. The van der Waals surface area contributed by atoms with Crippen molar-refractivity contribution in [2.45, 2.75) is 63.8 Å². The summed E-state index contributed by atoms with van der Waals surface area (Å²) in [5, 5.41) is 11.7. The minimum Gasteiger partial charge on any atom is -0.359 e. The summed E-state index contributed by atoms with van der Waals surface area (Å²) in [7, 11) is 1.81. The van der Waals surface area contributed by atoms with E-state index in [1.54, 1.807) is 0 Å². The van der Waals surface area contributed by atoms with Gasteiger partial charge >= 0.3 is 0 Å². The molecule has 0 aromatic carbocycles. The number of aliphatic imine (C=N–C) groups is 1. The highest BCUT2D eigenvalue weighted by Crippen LogP contribution is 2.29. The quantitative estimate of drug-likeness (QED) is 0.622. The van der Waals surface area contributed by atoms with Gasteiger partial charge in [0.05, 0.1) is 12.2 Å². The number of nitrogens with zero attached hydrogens (tertiary/aromatic N) is 2. The van der Waals surface area contributed by atoms with Crippen LogP contribution in [-0.4, -0.2) is 35.2 Å². The molecule has 1 aromatic rings. The number of nitrogens with one attached hydrogen (secondary N) is 2. The molecule has 2 rings (SSSR count). The topological polar surface area (TPSA) is 62.5 Å². The van der Waals surface area contributed by atoms with Crippen molar-refractivity contribution in [3.05, 3.63) is 17.5 Å². The molecule has 1 fully saturated rings. The summed E-state index contributed by atoms with van der Waals surface area (Å²) in [4.78, 5) is 4.31. The Morgan fingerprint density at radius 2 is 2.32 bits per heavy atom. The van der Waals surface area contributed by atoms with Crippen molar-refractivity contribution in [3.8, 4) is 0 Å². The Balaban J connectivity index is 1.78. The van der Waals surface area contributed by atoms with Crippen LogP contribution in [0, 0.1) is 0 Å². The third-order valence-corrected chi connectivity index (χ3v) is 5.18. The Labute approximate surface area is 137 Å². The summed E-state index contributed by atoms with van der Waals surface area (Å²) in [6, 6.07) is 2.53.